The van der Waals surface area contributed by atoms with Crippen molar-refractivity contribution in [3.63, 3.8) is 0 Å². The average Bonchev–Trinajstić information content (AvgIpc) is 2.06. The molecule has 0 heterocycles. The molecule has 0 spiro atoms. The van der Waals surface area contributed by atoms with Crippen LogP contribution in [0, 0.1) is 0 Å². The van der Waals surface area contributed by atoms with Crippen molar-refractivity contribution in [1.29, 1.82) is 0 Å². The fourth-order valence-electron chi connectivity index (χ4n) is 0.957. The standard InChI is InChI=1S/C8H20O4Si.Al/c1-5-9-13(10-6-2,11-7-3)12-8-4;/h5-8H2,1-4H3;. The van der Waals surface area contributed by atoms with E-state index in [2.05, 4.69) is 0 Å². The quantitative estimate of drug-likeness (QED) is 0.592. The van der Waals surface area contributed by atoms with E-state index in [0.717, 1.165) is 0 Å². The minimum atomic E-state index is -2.80. The van der Waals surface area contributed by atoms with Crippen molar-refractivity contribution in [2.75, 3.05) is 26.4 Å². The number of rotatable bonds is 8. The zero-order valence-electron chi connectivity index (χ0n) is 9.54. The first-order valence-corrected chi connectivity index (χ1v) is 6.43. The number of hydrogen-bond acceptors (Lipinski definition) is 4. The molecule has 0 unspecified atom stereocenters. The predicted molar refractivity (Wildman–Crippen MR) is 58.0 cm³/mol. The molecule has 0 aliphatic carbocycles. The van der Waals surface area contributed by atoms with Crippen LogP contribution >= 0.6 is 0 Å². The fraction of sp³-hybridized carbons (Fsp3) is 1.00. The molecule has 0 saturated carbocycles. The van der Waals surface area contributed by atoms with Crippen molar-refractivity contribution < 1.29 is 17.7 Å². The van der Waals surface area contributed by atoms with Gasteiger partial charge in [-0.25, -0.2) is 0 Å². The molecule has 14 heavy (non-hydrogen) atoms. The van der Waals surface area contributed by atoms with E-state index in [9.17, 15) is 0 Å². The minimum absolute atomic E-state index is 0. The first-order chi connectivity index (χ1) is 6.24. The van der Waals surface area contributed by atoms with Gasteiger partial charge in [-0.1, -0.05) is 0 Å². The lowest BCUT2D eigenvalue weighted by Gasteiger charge is -2.26. The lowest BCUT2D eigenvalue weighted by atomic mass is 10.9. The topological polar surface area (TPSA) is 36.9 Å². The van der Waals surface area contributed by atoms with Gasteiger partial charge in [-0.3, -0.25) is 0 Å². The summed E-state index contributed by atoms with van der Waals surface area (Å²) in [6.45, 7) is 9.80. The van der Waals surface area contributed by atoms with Crippen LogP contribution in [0.25, 0.3) is 0 Å². The maximum absolute atomic E-state index is 5.42. The highest BCUT2D eigenvalue weighted by molar-refractivity contribution is 6.53. The summed E-state index contributed by atoms with van der Waals surface area (Å²) in [6, 6.07) is 0. The molecule has 0 N–H and O–H groups in total. The third kappa shape index (κ3) is 6.14. The molecule has 3 radical (unpaired) electrons. The van der Waals surface area contributed by atoms with Crippen LogP contribution in [0.3, 0.4) is 0 Å². The normalized spacial score (nSPS) is 11.1. The van der Waals surface area contributed by atoms with E-state index < -0.39 is 9.05 Å². The molecule has 4 nitrogen and oxygen atoms in total. The molecule has 0 aromatic heterocycles. The van der Waals surface area contributed by atoms with Crippen LogP contribution < -0.4 is 0 Å². The maximum Gasteiger partial charge on any atom is 0.679 e. The van der Waals surface area contributed by atoms with E-state index in [-0.39, 0.29) is 17.4 Å². The summed E-state index contributed by atoms with van der Waals surface area (Å²) in [7, 11) is -2.80. The van der Waals surface area contributed by atoms with Crippen LogP contribution in [0.5, 0.6) is 0 Å². The maximum atomic E-state index is 5.42. The summed E-state index contributed by atoms with van der Waals surface area (Å²) >= 11 is 0. The van der Waals surface area contributed by atoms with Crippen molar-refractivity contribution in [3.05, 3.63) is 0 Å². The summed E-state index contributed by atoms with van der Waals surface area (Å²) in [5, 5.41) is 0. The van der Waals surface area contributed by atoms with Crippen LogP contribution in [0.15, 0.2) is 0 Å². The molecule has 0 atom stereocenters. The lowest BCUT2D eigenvalue weighted by Crippen LogP contribution is -2.49. The van der Waals surface area contributed by atoms with Crippen LogP contribution in [-0.2, 0) is 17.7 Å². The van der Waals surface area contributed by atoms with Crippen molar-refractivity contribution in [2.45, 2.75) is 27.7 Å². The van der Waals surface area contributed by atoms with Gasteiger partial charge in [-0.2, -0.15) is 0 Å². The van der Waals surface area contributed by atoms with E-state index in [4.69, 9.17) is 17.7 Å². The third-order valence-electron chi connectivity index (χ3n) is 1.28. The summed E-state index contributed by atoms with van der Waals surface area (Å²) in [6.07, 6.45) is 0. The second-order valence-electron chi connectivity index (χ2n) is 2.23. The second-order valence-corrected chi connectivity index (χ2v) is 4.39. The van der Waals surface area contributed by atoms with Gasteiger partial charge in [-0.05, 0) is 27.7 Å². The Balaban J connectivity index is 0. The Labute approximate surface area is 98.5 Å². The molecule has 0 saturated heterocycles. The Morgan fingerprint density at radius 1 is 0.643 bits per heavy atom. The zero-order valence-corrected chi connectivity index (χ0v) is 11.7. The molecule has 83 valence electrons. The van der Waals surface area contributed by atoms with Crippen LogP contribution in [0.2, 0.25) is 0 Å². The SMILES string of the molecule is CCO[Si](OCC)(OCC)OCC.[Al]. The van der Waals surface area contributed by atoms with Gasteiger partial charge in [-0.15, -0.1) is 0 Å². The smallest absolute Gasteiger partial charge is 0.351 e. The molecule has 0 bridgehead atoms. The van der Waals surface area contributed by atoms with Gasteiger partial charge in [0.05, 0.1) is 0 Å². The molecule has 0 fully saturated rings. The Morgan fingerprint density at radius 2 is 0.857 bits per heavy atom. The van der Waals surface area contributed by atoms with E-state index in [1.165, 1.54) is 0 Å². The number of hydrogen-bond donors (Lipinski definition) is 0. The Bertz CT molecular complexity index is 96.4. The molecule has 0 aliphatic heterocycles. The molecule has 0 amide bonds. The lowest BCUT2D eigenvalue weighted by molar-refractivity contribution is -0.0247. The van der Waals surface area contributed by atoms with Gasteiger partial charge in [0.2, 0.25) is 0 Å². The molecule has 6 heteroatoms. The molecule has 0 aromatic rings. The molecular formula is C8H20AlO4Si. The summed E-state index contributed by atoms with van der Waals surface area (Å²) in [4.78, 5) is 0. The summed E-state index contributed by atoms with van der Waals surface area (Å²) < 4.78 is 21.7. The largest absolute Gasteiger partial charge is 0.679 e. The fourth-order valence-corrected chi connectivity index (χ4v) is 2.87. The van der Waals surface area contributed by atoms with E-state index in [1.807, 2.05) is 27.7 Å². The average molecular weight is 235 g/mol. The molecule has 0 rings (SSSR count). The van der Waals surface area contributed by atoms with E-state index in [0.29, 0.717) is 26.4 Å². The van der Waals surface area contributed by atoms with Crippen LogP contribution in [0.4, 0.5) is 0 Å². The Morgan fingerprint density at radius 3 is 1.00 bits per heavy atom. The van der Waals surface area contributed by atoms with Gasteiger partial charge in [0.1, 0.15) is 0 Å². The third-order valence-corrected chi connectivity index (χ3v) is 3.85. The molecular weight excluding hydrogens is 215 g/mol. The van der Waals surface area contributed by atoms with Gasteiger partial charge in [0, 0.05) is 43.8 Å². The van der Waals surface area contributed by atoms with Gasteiger partial charge >= 0.3 is 9.05 Å². The Hall–Kier alpha value is 0.589. The molecule has 0 aromatic carbocycles. The van der Waals surface area contributed by atoms with Crippen LogP contribution in [-0.4, -0.2) is 52.8 Å². The van der Waals surface area contributed by atoms with Crippen molar-refractivity contribution in [3.8, 4) is 0 Å². The van der Waals surface area contributed by atoms with Gasteiger partial charge in [0.25, 0.3) is 0 Å². The van der Waals surface area contributed by atoms with E-state index in [1.54, 1.807) is 0 Å². The molecule has 0 aliphatic rings. The summed E-state index contributed by atoms with van der Waals surface area (Å²) in [5.74, 6) is 0. The highest BCUT2D eigenvalue weighted by atomic mass is 28.4. The van der Waals surface area contributed by atoms with Crippen LogP contribution in [0.1, 0.15) is 27.7 Å². The second kappa shape index (κ2) is 10.1. The predicted octanol–water partition coefficient (Wildman–Crippen LogP) is 1.19. The first kappa shape index (κ1) is 17.0. The highest BCUT2D eigenvalue weighted by Gasteiger charge is 2.44. The van der Waals surface area contributed by atoms with Crippen molar-refractivity contribution in [1.82, 2.24) is 0 Å². The van der Waals surface area contributed by atoms with Crippen molar-refractivity contribution in [2.24, 2.45) is 0 Å². The first-order valence-electron chi connectivity index (χ1n) is 4.80. The van der Waals surface area contributed by atoms with Gasteiger partial charge in [0.15, 0.2) is 0 Å². The summed E-state index contributed by atoms with van der Waals surface area (Å²) in [5.41, 5.74) is 0. The minimum Gasteiger partial charge on any atom is -0.351 e. The highest BCUT2D eigenvalue weighted by Crippen LogP contribution is 2.11. The van der Waals surface area contributed by atoms with Gasteiger partial charge < -0.3 is 17.7 Å². The zero-order chi connectivity index (χ0) is 10.2. The monoisotopic (exact) mass is 235 g/mol. The van der Waals surface area contributed by atoms with E-state index >= 15 is 0 Å². The Kier molecular flexibility index (Phi) is 12.3. The van der Waals surface area contributed by atoms with Crippen molar-refractivity contribution >= 4 is 26.4 Å².